The van der Waals surface area contributed by atoms with Crippen LogP contribution in [0.2, 0.25) is 0 Å². The van der Waals surface area contributed by atoms with Crippen LogP contribution in [0, 0.1) is 5.92 Å². The molecule has 1 atom stereocenters. The van der Waals surface area contributed by atoms with E-state index in [1.807, 2.05) is 0 Å². The van der Waals surface area contributed by atoms with E-state index < -0.39 is 11.8 Å². The molecule has 1 aliphatic heterocycles. The van der Waals surface area contributed by atoms with E-state index in [0.29, 0.717) is 24.3 Å². The van der Waals surface area contributed by atoms with E-state index in [1.165, 1.54) is 35.7 Å². The number of nitrogens with one attached hydrogen (secondary N) is 1. The fourth-order valence-electron chi connectivity index (χ4n) is 3.53. The van der Waals surface area contributed by atoms with Gasteiger partial charge in [0.25, 0.3) is 5.56 Å². The highest BCUT2D eigenvalue weighted by molar-refractivity contribution is 5.69. The molecular weight excluding hydrogens is 310 g/mol. The fourth-order valence-corrected chi connectivity index (χ4v) is 3.53. The Bertz CT molecular complexity index is 842. The first-order chi connectivity index (χ1) is 11.4. The SMILES string of the molecule is CC1CC[NH+](C[C@@H](O)Cn2cnc3c2c(=O)n(C)c(=O)n3C)CC1. The Balaban J connectivity index is 1.80. The first kappa shape index (κ1) is 16.9. The van der Waals surface area contributed by atoms with Crippen molar-refractivity contribution in [3.05, 3.63) is 27.2 Å². The van der Waals surface area contributed by atoms with Crippen molar-refractivity contribution in [2.45, 2.75) is 32.4 Å². The molecule has 1 fully saturated rings. The summed E-state index contributed by atoms with van der Waals surface area (Å²) in [5, 5.41) is 10.4. The third-order valence-corrected chi connectivity index (χ3v) is 5.13. The molecule has 2 N–H and O–H groups in total. The lowest BCUT2D eigenvalue weighted by atomic mass is 9.99. The Morgan fingerprint density at radius 3 is 2.62 bits per heavy atom. The maximum Gasteiger partial charge on any atom is 0.332 e. The topological polar surface area (TPSA) is 86.5 Å². The lowest BCUT2D eigenvalue weighted by Crippen LogP contribution is -3.14. The van der Waals surface area contributed by atoms with Gasteiger partial charge in [-0.1, -0.05) is 6.92 Å². The molecule has 0 bridgehead atoms. The van der Waals surface area contributed by atoms with E-state index in [1.54, 1.807) is 11.6 Å². The summed E-state index contributed by atoms with van der Waals surface area (Å²) >= 11 is 0. The molecule has 3 heterocycles. The average molecular weight is 336 g/mol. The summed E-state index contributed by atoms with van der Waals surface area (Å²) in [6.07, 6.45) is 3.37. The standard InChI is InChI=1S/C16H25N5O3/c1-11-4-6-20(7-5-11)8-12(22)9-21-10-17-14-13(21)15(23)19(3)16(24)18(14)2/h10-12,22H,4-9H2,1-3H3/p+1/t12-/m1/s1. The number of rotatable bonds is 4. The number of aliphatic hydroxyl groups excluding tert-OH is 1. The first-order valence-corrected chi connectivity index (χ1v) is 8.51. The summed E-state index contributed by atoms with van der Waals surface area (Å²) in [5.74, 6) is 0.771. The summed E-state index contributed by atoms with van der Waals surface area (Å²) < 4.78 is 4.09. The molecule has 1 aliphatic rings. The number of hydrogen-bond acceptors (Lipinski definition) is 4. The van der Waals surface area contributed by atoms with Gasteiger partial charge in [0.1, 0.15) is 12.6 Å². The highest BCUT2D eigenvalue weighted by Gasteiger charge is 2.23. The smallest absolute Gasteiger partial charge is 0.332 e. The fraction of sp³-hybridized carbons (Fsp3) is 0.688. The van der Waals surface area contributed by atoms with Crippen molar-refractivity contribution in [1.29, 1.82) is 0 Å². The molecule has 8 nitrogen and oxygen atoms in total. The third kappa shape index (κ3) is 3.03. The highest BCUT2D eigenvalue weighted by atomic mass is 16.3. The Kier molecular flexibility index (Phi) is 4.60. The van der Waals surface area contributed by atoms with E-state index in [4.69, 9.17) is 0 Å². The Labute approximate surface area is 139 Å². The number of piperidine rings is 1. The minimum absolute atomic E-state index is 0.309. The summed E-state index contributed by atoms with van der Waals surface area (Å²) in [4.78, 5) is 29.9. The second-order valence-corrected chi connectivity index (χ2v) is 7.07. The van der Waals surface area contributed by atoms with Gasteiger partial charge in [-0.2, -0.15) is 0 Å². The molecule has 0 unspecified atom stereocenters. The second-order valence-electron chi connectivity index (χ2n) is 7.07. The Hall–Kier alpha value is -1.93. The predicted octanol–water partition coefficient (Wildman–Crippen LogP) is -1.89. The van der Waals surface area contributed by atoms with Gasteiger partial charge < -0.3 is 14.6 Å². The van der Waals surface area contributed by atoms with Crippen LogP contribution < -0.4 is 16.1 Å². The van der Waals surface area contributed by atoms with Crippen LogP contribution in [0.25, 0.3) is 11.2 Å². The van der Waals surface area contributed by atoms with E-state index in [2.05, 4.69) is 11.9 Å². The molecule has 0 aromatic carbocycles. The number of imidazole rings is 1. The summed E-state index contributed by atoms with van der Waals surface area (Å²) in [6.45, 7) is 5.41. The number of likely N-dealkylation sites (tertiary alicyclic amines) is 1. The second kappa shape index (κ2) is 6.52. The molecule has 0 saturated carbocycles. The third-order valence-electron chi connectivity index (χ3n) is 5.13. The van der Waals surface area contributed by atoms with Crippen molar-refractivity contribution in [2.24, 2.45) is 20.0 Å². The highest BCUT2D eigenvalue weighted by Crippen LogP contribution is 2.08. The lowest BCUT2D eigenvalue weighted by molar-refractivity contribution is -0.909. The quantitative estimate of drug-likeness (QED) is 0.684. The Morgan fingerprint density at radius 1 is 1.29 bits per heavy atom. The molecule has 0 spiro atoms. The van der Waals surface area contributed by atoms with Crippen LogP contribution in [0.15, 0.2) is 15.9 Å². The van der Waals surface area contributed by atoms with E-state index in [0.717, 1.165) is 23.6 Å². The largest absolute Gasteiger partial charge is 0.385 e. The molecule has 2 aromatic rings. The van der Waals surface area contributed by atoms with Gasteiger partial charge in [-0.15, -0.1) is 0 Å². The number of quaternary nitrogens is 1. The van der Waals surface area contributed by atoms with Crippen LogP contribution in [0.5, 0.6) is 0 Å². The molecule has 3 rings (SSSR count). The van der Waals surface area contributed by atoms with Crippen molar-refractivity contribution in [3.63, 3.8) is 0 Å². The number of aryl methyl sites for hydroxylation is 1. The predicted molar refractivity (Wildman–Crippen MR) is 90.2 cm³/mol. The molecule has 24 heavy (non-hydrogen) atoms. The van der Waals surface area contributed by atoms with E-state index in [9.17, 15) is 14.7 Å². The maximum atomic E-state index is 12.4. The van der Waals surface area contributed by atoms with Crippen LogP contribution in [0.4, 0.5) is 0 Å². The number of aliphatic hydroxyl groups is 1. The lowest BCUT2D eigenvalue weighted by Gasteiger charge is -2.28. The van der Waals surface area contributed by atoms with Crippen molar-refractivity contribution in [1.82, 2.24) is 18.7 Å². The Morgan fingerprint density at radius 2 is 1.96 bits per heavy atom. The van der Waals surface area contributed by atoms with Crippen molar-refractivity contribution >= 4 is 11.2 Å². The summed E-state index contributed by atoms with van der Waals surface area (Å²) in [5.41, 5.74) is -0.0579. The van der Waals surface area contributed by atoms with Crippen LogP contribution >= 0.6 is 0 Å². The summed E-state index contributed by atoms with van der Waals surface area (Å²) in [7, 11) is 3.05. The molecule has 1 saturated heterocycles. The summed E-state index contributed by atoms with van der Waals surface area (Å²) in [6, 6.07) is 0. The van der Waals surface area contributed by atoms with Gasteiger partial charge in [0.15, 0.2) is 11.2 Å². The molecule has 2 aromatic heterocycles. The van der Waals surface area contributed by atoms with Gasteiger partial charge in [0.2, 0.25) is 0 Å². The van der Waals surface area contributed by atoms with Crippen LogP contribution in [0.3, 0.4) is 0 Å². The molecule has 0 radical (unpaired) electrons. The minimum Gasteiger partial charge on any atom is -0.385 e. The van der Waals surface area contributed by atoms with Gasteiger partial charge in [-0.3, -0.25) is 13.9 Å². The monoisotopic (exact) mass is 336 g/mol. The van der Waals surface area contributed by atoms with Crippen LogP contribution in [-0.4, -0.2) is 49.5 Å². The van der Waals surface area contributed by atoms with Gasteiger partial charge in [-0.05, 0) is 18.8 Å². The van der Waals surface area contributed by atoms with Gasteiger partial charge >= 0.3 is 5.69 Å². The van der Waals surface area contributed by atoms with Crippen LogP contribution in [0.1, 0.15) is 19.8 Å². The normalized spacial score (nSPS) is 22.8. The van der Waals surface area contributed by atoms with Gasteiger partial charge in [-0.25, -0.2) is 9.78 Å². The van der Waals surface area contributed by atoms with E-state index >= 15 is 0 Å². The number of fused-ring (bicyclic) bond motifs is 1. The van der Waals surface area contributed by atoms with Crippen LogP contribution in [-0.2, 0) is 20.6 Å². The zero-order chi connectivity index (χ0) is 17.4. The molecule has 0 amide bonds. The molecule has 132 valence electrons. The maximum absolute atomic E-state index is 12.4. The minimum atomic E-state index is -0.548. The molecular formula is C16H26N5O3+. The zero-order valence-corrected chi connectivity index (χ0v) is 14.5. The van der Waals surface area contributed by atoms with Crippen molar-refractivity contribution < 1.29 is 10.0 Å². The number of hydrogen-bond donors (Lipinski definition) is 2. The van der Waals surface area contributed by atoms with Gasteiger partial charge in [0.05, 0.1) is 26.0 Å². The van der Waals surface area contributed by atoms with E-state index in [-0.39, 0.29) is 5.56 Å². The number of nitrogens with zero attached hydrogens (tertiary/aromatic N) is 4. The van der Waals surface area contributed by atoms with Crippen molar-refractivity contribution in [3.8, 4) is 0 Å². The molecule has 8 heteroatoms. The van der Waals surface area contributed by atoms with Crippen molar-refractivity contribution in [2.75, 3.05) is 19.6 Å². The average Bonchev–Trinajstić information content (AvgIpc) is 2.96. The zero-order valence-electron chi connectivity index (χ0n) is 14.5. The molecule has 0 aliphatic carbocycles. The first-order valence-electron chi connectivity index (χ1n) is 8.51. The van der Waals surface area contributed by atoms with Gasteiger partial charge in [0, 0.05) is 14.1 Å². The number of aromatic nitrogens is 4.